The summed E-state index contributed by atoms with van der Waals surface area (Å²) in [6.45, 7) is 6.16. The Morgan fingerprint density at radius 3 is 2.26 bits per heavy atom. The molecule has 0 fully saturated rings. The molecule has 148 valence electrons. The minimum atomic E-state index is -5.14. The lowest BCUT2D eigenvalue weighted by atomic mass is 10.1. The first-order valence-corrected chi connectivity index (χ1v) is 7.59. The van der Waals surface area contributed by atoms with Crippen molar-refractivity contribution in [3.63, 3.8) is 0 Å². The number of carboxylic acid groups (broad SMARTS) is 1. The molecule has 27 heavy (non-hydrogen) atoms. The van der Waals surface area contributed by atoms with Gasteiger partial charge < -0.3 is 9.84 Å². The van der Waals surface area contributed by atoms with Crippen LogP contribution in [0.1, 0.15) is 54.4 Å². The van der Waals surface area contributed by atoms with E-state index in [4.69, 9.17) is 4.74 Å². The van der Waals surface area contributed by atoms with Crippen molar-refractivity contribution in [3.8, 4) is 11.6 Å². The van der Waals surface area contributed by atoms with Crippen LogP contribution in [0.4, 0.5) is 22.0 Å². The smallest absolute Gasteiger partial charge is 0.420 e. The highest BCUT2D eigenvalue weighted by Crippen LogP contribution is 2.43. The van der Waals surface area contributed by atoms with Gasteiger partial charge in [0, 0.05) is 11.8 Å². The molecule has 0 bridgehead atoms. The van der Waals surface area contributed by atoms with Gasteiger partial charge in [-0.25, -0.2) is 18.3 Å². The second-order valence-electron chi connectivity index (χ2n) is 6.67. The van der Waals surface area contributed by atoms with E-state index in [9.17, 15) is 31.9 Å². The third-order valence-electron chi connectivity index (χ3n) is 3.57. The Balaban J connectivity index is 2.72. The van der Waals surface area contributed by atoms with Crippen LogP contribution in [0, 0.1) is 6.92 Å². The summed E-state index contributed by atoms with van der Waals surface area (Å²) < 4.78 is 72.6. The normalized spacial score (nSPS) is 12.5. The Morgan fingerprint density at radius 2 is 1.81 bits per heavy atom. The number of rotatable bonds is 4. The van der Waals surface area contributed by atoms with Crippen molar-refractivity contribution in [1.29, 1.82) is 0 Å². The average molecular weight is 393 g/mol. The van der Waals surface area contributed by atoms with E-state index >= 15 is 0 Å². The lowest BCUT2D eigenvalue weighted by molar-refractivity contribution is -0.140. The van der Waals surface area contributed by atoms with Crippen molar-refractivity contribution >= 4 is 5.97 Å². The van der Waals surface area contributed by atoms with E-state index in [1.54, 1.807) is 20.8 Å². The van der Waals surface area contributed by atoms with Crippen LogP contribution in [0.25, 0.3) is 0 Å². The van der Waals surface area contributed by atoms with Crippen molar-refractivity contribution in [2.24, 2.45) is 0 Å². The van der Waals surface area contributed by atoms with Gasteiger partial charge in [-0.05, 0) is 27.7 Å². The van der Waals surface area contributed by atoms with Crippen molar-refractivity contribution < 1.29 is 36.6 Å². The minimum Gasteiger partial charge on any atom is -0.476 e. The SMILES string of the molecule is Cc1c(C(=O)O)nn(C(C)(C)C)c1Oc1cncc(C(F)F)c1C(F)(F)F. The lowest BCUT2D eigenvalue weighted by Crippen LogP contribution is -2.24. The highest BCUT2D eigenvalue weighted by molar-refractivity contribution is 5.87. The van der Waals surface area contributed by atoms with Crippen molar-refractivity contribution in [1.82, 2.24) is 14.8 Å². The number of alkyl halides is 5. The second-order valence-corrected chi connectivity index (χ2v) is 6.67. The lowest BCUT2D eigenvalue weighted by Gasteiger charge is -2.23. The molecule has 0 aliphatic rings. The van der Waals surface area contributed by atoms with Gasteiger partial charge in [0.05, 0.1) is 17.3 Å². The highest BCUT2D eigenvalue weighted by Gasteiger charge is 2.40. The van der Waals surface area contributed by atoms with Gasteiger partial charge in [-0.2, -0.15) is 18.3 Å². The van der Waals surface area contributed by atoms with Crippen molar-refractivity contribution in [2.75, 3.05) is 0 Å². The molecule has 1 N–H and O–H groups in total. The van der Waals surface area contributed by atoms with Crippen LogP contribution in [0.2, 0.25) is 0 Å². The zero-order valence-corrected chi connectivity index (χ0v) is 14.7. The van der Waals surface area contributed by atoms with Gasteiger partial charge >= 0.3 is 12.1 Å². The summed E-state index contributed by atoms with van der Waals surface area (Å²) in [4.78, 5) is 14.7. The molecule has 0 saturated heterocycles. The van der Waals surface area contributed by atoms with Crippen LogP contribution in [0.5, 0.6) is 11.6 Å². The van der Waals surface area contributed by atoms with E-state index in [0.717, 1.165) is 4.68 Å². The summed E-state index contributed by atoms with van der Waals surface area (Å²) >= 11 is 0. The molecule has 0 aliphatic heterocycles. The number of hydrogen-bond donors (Lipinski definition) is 1. The first-order valence-electron chi connectivity index (χ1n) is 7.59. The number of aromatic nitrogens is 3. The number of halogens is 5. The van der Waals surface area contributed by atoms with Crippen molar-refractivity contribution in [2.45, 2.75) is 45.8 Å². The van der Waals surface area contributed by atoms with Gasteiger partial charge in [-0.3, -0.25) is 4.98 Å². The number of aromatic carboxylic acids is 1. The maximum Gasteiger partial charge on any atom is 0.420 e. The Bertz CT molecular complexity index is 869. The van der Waals surface area contributed by atoms with Crippen LogP contribution >= 0.6 is 0 Å². The average Bonchev–Trinajstić information content (AvgIpc) is 2.83. The maximum atomic E-state index is 13.4. The van der Waals surface area contributed by atoms with E-state index in [1.807, 2.05) is 0 Å². The van der Waals surface area contributed by atoms with Crippen molar-refractivity contribution in [3.05, 3.63) is 34.8 Å². The summed E-state index contributed by atoms with van der Waals surface area (Å²) in [6.07, 6.45) is -7.51. The molecule has 0 amide bonds. The molecule has 2 rings (SSSR count). The molecule has 0 aliphatic carbocycles. The predicted octanol–water partition coefficient (Wildman–Crippen LogP) is 4.79. The van der Waals surface area contributed by atoms with Gasteiger partial charge in [0.15, 0.2) is 11.4 Å². The largest absolute Gasteiger partial charge is 0.476 e. The van der Waals surface area contributed by atoms with Crippen LogP contribution in [-0.4, -0.2) is 25.8 Å². The first-order chi connectivity index (χ1) is 12.2. The maximum absolute atomic E-state index is 13.4. The second kappa shape index (κ2) is 6.78. The summed E-state index contributed by atoms with van der Waals surface area (Å²) in [6, 6.07) is 0. The molecular formula is C16H16F5N3O3. The Labute approximate surface area is 150 Å². The third kappa shape index (κ3) is 4.01. The topological polar surface area (TPSA) is 77.2 Å². The Kier molecular flexibility index (Phi) is 5.17. The number of pyridine rings is 1. The Hall–Kier alpha value is -2.72. The van der Waals surface area contributed by atoms with E-state index in [1.165, 1.54) is 6.92 Å². The molecule has 0 atom stereocenters. The summed E-state index contributed by atoms with van der Waals surface area (Å²) in [5.74, 6) is -2.68. The number of hydrogen-bond acceptors (Lipinski definition) is 4. The molecule has 0 radical (unpaired) electrons. The summed E-state index contributed by atoms with van der Waals surface area (Å²) in [5.41, 5.74) is -4.34. The fourth-order valence-corrected chi connectivity index (χ4v) is 2.37. The van der Waals surface area contributed by atoms with Gasteiger partial charge in [0.25, 0.3) is 6.43 Å². The van der Waals surface area contributed by atoms with E-state index in [2.05, 4.69) is 10.1 Å². The molecule has 2 aromatic rings. The molecule has 2 aromatic heterocycles. The standard InChI is InChI=1S/C16H16F5N3O3/c1-7-11(14(25)26)23-24(15(2,3)4)13(7)27-9-6-22-5-8(12(17)18)10(9)16(19,20)21/h5-6,12H,1-4H3,(H,25,26). The number of nitrogens with zero attached hydrogens (tertiary/aromatic N) is 3. The van der Waals surface area contributed by atoms with Crippen LogP contribution in [0.3, 0.4) is 0 Å². The van der Waals surface area contributed by atoms with Gasteiger partial charge in [0.1, 0.15) is 5.56 Å². The van der Waals surface area contributed by atoms with E-state index in [-0.39, 0.29) is 11.4 Å². The van der Waals surface area contributed by atoms with E-state index in [0.29, 0.717) is 12.4 Å². The molecule has 0 aromatic carbocycles. The molecular weight excluding hydrogens is 377 g/mol. The summed E-state index contributed by atoms with van der Waals surface area (Å²) in [5, 5.41) is 13.1. The van der Waals surface area contributed by atoms with Gasteiger partial charge in [-0.15, -0.1) is 0 Å². The monoisotopic (exact) mass is 393 g/mol. The molecule has 0 spiro atoms. The zero-order valence-electron chi connectivity index (χ0n) is 14.7. The first kappa shape index (κ1) is 20.6. The third-order valence-corrected chi connectivity index (χ3v) is 3.57. The fourth-order valence-electron chi connectivity index (χ4n) is 2.37. The van der Waals surface area contributed by atoms with E-state index < -0.39 is 46.7 Å². The van der Waals surface area contributed by atoms with Crippen LogP contribution < -0.4 is 4.74 Å². The molecule has 2 heterocycles. The fraction of sp³-hybridized carbons (Fsp3) is 0.438. The van der Waals surface area contributed by atoms with Gasteiger partial charge in [0.2, 0.25) is 5.88 Å². The highest BCUT2D eigenvalue weighted by atomic mass is 19.4. The van der Waals surface area contributed by atoms with Crippen LogP contribution in [0.15, 0.2) is 12.4 Å². The van der Waals surface area contributed by atoms with Gasteiger partial charge in [-0.1, -0.05) is 0 Å². The number of ether oxygens (including phenoxy) is 1. The minimum absolute atomic E-state index is 0.0481. The summed E-state index contributed by atoms with van der Waals surface area (Å²) in [7, 11) is 0. The molecule has 11 heteroatoms. The predicted molar refractivity (Wildman–Crippen MR) is 83.2 cm³/mol. The van der Waals surface area contributed by atoms with Crippen LogP contribution in [-0.2, 0) is 11.7 Å². The number of carbonyl (C=O) groups is 1. The zero-order chi connectivity index (χ0) is 20.7. The Morgan fingerprint density at radius 1 is 1.22 bits per heavy atom. The number of carboxylic acids is 1. The quantitative estimate of drug-likeness (QED) is 0.756. The molecule has 0 unspecified atom stereocenters. The molecule has 6 nitrogen and oxygen atoms in total. The molecule has 0 saturated carbocycles.